The predicted molar refractivity (Wildman–Crippen MR) is 87.4 cm³/mol. The molecule has 0 spiro atoms. The van der Waals surface area contributed by atoms with E-state index in [2.05, 4.69) is 38.2 Å². The second-order valence-corrected chi connectivity index (χ2v) is 6.35. The molecular weight excluding hydrogens is 270 g/mol. The Hall–Kier alpha value is -0.570. The van der Waals surface area contributed by atoms with E-state index in [9.17, 15) is 0 Å². The molecule has 0 saturated heterocycles. The van der Waals surface area contributed by atoms with Crippen molar-refractivity contribution in [2.24, 2.45) is 11.8 Å². The monoisotopic (exact) mass is 297 g/mol. The first-order chi connectivity index (χ1) is 9.52. The summed E-state index contributed by atoms with van der Waals surface area (Å²) in [6.07, 6.45) is 2.16. The molecule has 114 valence electrons. The lowest BCUT2D eigenvalue weighted by Gasteiger charge is -2.25. The summed E-state index contributed by atoms with van der Waals surface area (Å²) in [6, 6.07) is 8.72. The summed E-state index contributed by atoms with van der Waals surface area (Å²) in [6.45, 7) is 8.56. The van der Waals surface area contributed by atoms with Crippen LogP contribution in [0.3, 0.4) is 0 Å². The zero-order valence-corrected chi connectivity index (χ0v) is 13.9. The lowest BCUT2D eigenvalue weighted by Crippen LogP contribution is -2.33. The summed E-state index contributed by atoms with van der Waals surface area (Å²) in [5.41, 5.74) is 1.32. The van der Waals surface area contributed by atoms with Crippen LogP contribution in [0.5, 0.6) is 0 Å². The maximum atomic E-state index is 6.08. The second kappa shape index (κ2) is 9.38. The zero-order valence-electron chi connectivity index (χ0n) is 13.2. The Bertz CT molecular complexity index is 381. The number of hydrogen-bond donors (Lipinski definition) is 1. The number of benzene rings is 1. The Balaban J connectivity index is 2.65. The first kappa shape index (κ1) is 17.5. The third-order valence-corrected chi connectivity index (χ3v) is 3.99. The fourth-order valence-corrected chi connectivity index (χ4v) is 2.58. The molecule has 0 aliphatic rings. The van der Waals surface area contributed by atoms with E-state index in [4.69, 9.17) is 16.3 Å². The Labute approximate surface area is 128 Å². The number of halogens is 1. The molecule has 3 heteroatoms. The minimum absolute atomic E-state index is 0.520. The van der Waals surface area contributed by atoms with E-state index in [-0.39, 0.29) is 0 Å². The highest BCUT2D eigenvalue weighted by molar-refractivity contribution is 6.30. The minimum atomic E-state index is 0.520. The van der Waals surface area contributed by atoms with Gasteiger partial charge in [-0.3, -0.25) is 0 Å². The summed E-state index contributed by atoms with van der Waals surface area (Å²) >= 11 is 6.08. The Morgan fingerprint density at radius 3 is 2.60 bits per heavy atom. The molecule has 0 aromatic heterocycles. The van der Waals surface area contributed by atoms with E-state index in [0.29, 0.717) is 17.9 Å². The standard InChI is InChI=1S/C17H28ClNO/c1-13(2)19-12-16(14(3)8-9-20-4)10-15-6-5-7-17(18)11-15/h5-7,11,13-14,16,19H,8-10,12H2,1-4H3. The summed E-state index contributed by atoms with van der Waals surface area (Å²) in [4.78, 5) is 0. The molecule has 0 radical (unpaired) electrons. The largest absolute Gasteiger partial charge is 0.385 e. The van der Waals surface area contributed by atoms with Crippen LogP contribution in [0.25, 0.3) is 0 Å². The highest BCUT2D eigenvalue weighted by atomic mass is 35.5. The smallest absolute Gasteiger partial charge is 0.0464 e. The van der Waals surface area contributed by atoms with Gasteiger partial charge in [0.25, 0.3) is 0 Å². The Morgan fingerprint density at radius 1 is 1.25 bits per heavy atom. The number of rotatable bonds is 9. The van der Waals surface area contributed by atoms with Crippen molar-refractivity contribution in [1.82, 2.24) is 5.32 Å². The van der Waals surface area contributed by atoms with E-state index in [0.717, 1.165) is 31.0 Å². The number of methoxy groups -OCH3 is 1. The second-order valence-electron chi connectivity index (χ2n) is 5.92. The van der Waals surface area contributed by atoms with Gasteiger partial charge in [-0.2, -0.15) is 0 Å². The molecule has 0 aliphatic heterocycles. The van der Waals surface area contributed by atoms with Crippen molar-refractivity contribution >= 4 is 11.6 Å². The first-order valence-corrected chi connectivity index (χ1v) is 7.87. The van der Waals surface area contributed by atoms with Crippen molar-refractivity contribution in [2.45, 2.75) is 39.7 Å². The summed E-state index contributed by atoms with van der Waals surface area (Å²) < 4.78 is 5.22. The van der Waals surface area contributed by atoms with Crippen LogP contribution < -0.4 is 5.32 Å². The average molecular weight is 298 g/mol. The molecule has 20 heavy (non-hydrogen) atoms. The van der Waals surface area contributed by atoms with Gasteiger partial charge in [-0.1, -0.05) is 44.5 Å². The van der Waals surface area contributed by atoms with Crippen LogP contribution in [-0.4, -0.2) is 26.3 Å². The van der Waals surface area contributed by atoms with Crippen LogP contribution in [0.1, 0.15) is 32.8 Å². The molecule has 1 N–H and O–H groups in total. The van der Waals surface area contributed by atoms with E-state index >= 15 is 0 Å². The molecular formula is C17H28ClNO. The maximum Gasteiger partial charge on any atom is 0.0464 e. The molecule has 2 atom stereocenters. The van der Waals surface area contributed by atoms with Gasteiger partial charge < -0.3 is 10.1 Å². The van der Waals surface area contributed by atoms with E-state index < -0.39 is 0 Å². The minimum Gasteiger partial charge on any atom is -0.385 e. The van der Waals surface area contributed by atoms with Gasteiger partial charge in [-0.05, 0) is 48.9 Å². The molecule has 1 aromatic carbocycles. The fraction of sp³-hybridized carbons (Fsp3) is 0.647. The fourth-order valence-electron chi connectivity index (χ4n) is 2.37. The quantitative estimate of drug-likeness (QED) is 0.738. The maximum absolute atomic E-state index is 6.08. The van der Waals surface area contributed by atoms with E-state index in [1.165, 1.54) is 5.56 Å². The Kier molecular flexibility index (Phi) is 8.20. The predicted octanol–water partition coefficient (Wildman–Crippen LogP) is 4.17. The van der Waals surface area contributed by atoms with Crippen LogP contribution in [-0.2, 0) is 11.2 Å². The van der Waals surface area contributed by atoms with Crippen LogP contribution in [0.4, 0.5) is 0 Å². The van der Waals surface area contributed by atoms with Crippen LogP contribution in [0.2, 0.25) is 5.02 Å². The molecule has 2 unspecified atom stereocenters. The van der Waals surface area contributed by atoms with Crippen molar-refractivity contribution < 1.29 is 4.74 Å². The van der Waals surface area contributed by atoms with Crippen LogP contribution >= 0.6 is 11.6 Å². The van der Waals surface area contributed by atoms with Gasteiger partial charge in [0.2, 0.25) is 0 Å². The molecule has 1 aromatic rings. The molecule has 1 rings (SSSR count). The Morgan fingerprint density at radius 2 is 2.00 bits per heavy atom. The topological polar surface area (TPSA) is 21.3 Å². The highest BCUT2D eigenvalue weighted by Gasteiger charge is 2.18. The van der Waals surface area contributed by atoms with Gasteiger partial charge in [-0.15, -0.1) is 0 Å². The van der Waals surface area contributed by atoms with Gasteiger partial charge >= 0.3 is 0 Å². The van der Waals surface area contributed by atoms with Crippen molar-refractivity contribution in [2.75, 3.05) is 20.3 Å². The lowest BCUT2D eigenvalue weighted by molar-refractivity contribution is 0.163. The molecule has 0 aliphatic carbocycles. The van der Waals surface area contributed by atoms with Crippen molar-refractivity contribution in [1.29, 1.82) is 0 Å². The van der Waals surface area contributed by atoms with E-state index in [1.54, 1.807) is 7.11 Å². The van der Waals surface area contributed by atoms with Crippen molar-refractivity contribution in [3.63, 3.8) is 0 Å². The molecule has 0 fully saturated rings. The lowest BCUT2D eigenvalue weighted by atomic mass is 9.86. The van der Waals surface area contributed by atoms with Gasteiger partial charge in [0.1, 0.15) is 0 Å². The third kappa shape index (κ3) is 6.74. The molecule has 2 nitrogen and oxygen atoms in total. The normalized spacial score (nSPS) is 14.5. The van der Waals surface area contributed by atoms with Gasteiger partial charge in [0, 0.05) is 24.8 Å². The number of ether oxygens (including phenoxy) is 1. The SMILES string of the molecule is COCCC(C)C(CNC(C)C)Cc1cccc(Cl)c1. The van der Waals surface area contributed by atoms with Crippen molar-refractivity contribution in [3.8, 4) is 0 Å². The van der Waals surface area contributed by atoms with Crippen molar-refractivity contribution in [3.05, 3.63) is 34.9 Å². The van der Waals surface area contributed by atoms with Crippen LogP contribution in [0.15, 0.2) is 24.3 Å². The third-order valence-electron chi connectivity index (χ3n) is 3.76. The molecule has 0 amide bonds. The van der Waals surface area contributed by atoms with E-state index in [1.807, 2.05) is 12.1 Å². The molecule has 0 heterocycles. The van der Waals surface area contributed by atoms with Gasteiger partial charge in [0.15, 0.2) is 0 Å². The summed E-state index contributed by atoms with van der Waals surface area (Å²) in [5, 5.41) is 4.39. The molecule has 0 bridgehead atoms. The number of hydrogen-bond acceptors (Lipinski definition) is 2. The summed E-state index contributed by atoms with van der Waals surface area (Å²) in [5.74, 6) is 1.23. The average Bonchev–Trinajstić information content (AvgIpc) is 2.40. The summed E-state index contributed by atoms with van der Waals surface area (Å²) in [7, 11) is 1.77. The highest BCUT2D eigenvalue weighted by Crippen LogP contribution is 2.22. The van der Waals surface area contributed by atoms with Crippen LogP contribution in [0, 0.1) is 11.8 Å². The first-order valence-electron chi connectivity index (χ1n) is 7.49. The van der Waals surface area contributed by atoms with Gasteiger partial charge in [0.05, 0.1) is 0 Å². The number of nitrogens with one attached hydrogen (secondary N) is 1. The molecule has 0 saturated carbocycles. The van der Waals surface area contributed by atoms with Gasteiger partial charge in [-0.25, -0.2) is 0 Å². The zero-order chi connectivity index (χ0) is 15.0.